The Morgan fingerprint density at radius 2 is 2.00 bits per heavy atom. The number of sulfonamides is 1. The molecule has 2 atom stereocenters. The lowest BCUT2D eigenvalue weighted by atomic mass is 10.2. The van der Waals surface area contributed by atoms with Crippen LogP contribution in [0.3, 0.4) is 0 Å². The van der Waals surface area contributed by atoms with Gasteiger partial charge in [0.05, 0.1) is 18.0 Å². The van der Waals surface area contributed by atoms with Gasteiger partial charge in [0.15, 0.2) is 0 Å². The van der Waals surface area contributed by atoms with Gasteiger partial charge in [-0.1, -0.05) is 17.7 Å². The summed E-state index contributed by atoms with van der Waals surface area (Å²) in [7, 11) is -3.34. The van der Waals surface area contributed by atoms with Gasteiger partial charge in [-0.3, -0.25) is 4.90 Å². The molecule has 0 unspecified atom stereocenters. The largest absolute Gasteiger partial charge is 0.373 e. The summed E-state index contributed by atoms with van der Waals surface area (Å²) in [6.45, 7) is 7.49. The monoisotopic (exact) mass is 375 g/mol. The maximum Gasteiger partial charge on any atom is 0.215 e. The highest BCUT2D eigenvalue weighted by Gasteiger charge is 2.21. The molecule has 1 fully saturated rings. The first-order valence-electron chi connectivity index (χ1n) is 8.29. The van der Waals surface area contributed by atoms with Crippen molar-refractivity contribution < 1.29 is 13.2 Å². The van der Waals surface area contributed by atoms with Gasteiger partial charge in [-0.05, 0) is 44.9 Å². The lowest BCUT2D eigenvalue weighted by molar-refractivity contribution is -0.0681. The fourth-order valence-corrected chi connectivity index (χ4v) is 4.20. The predicted molar refractivity (Wildman–Crippen MR) is 95.6 cm³/mol. The zero-order valence-electron chi connectivity index (χ0n) is 14.2. The van der Waals surface area contributed by atoms with E-state index in [1.54, 1.807) is 12.1 Å². The number of ether oxygens (including phenoxy) is 1. The van der Waals surface area contributed by atoms with E-state index in [1.165, 1.54) is 6.20 Å². The molecule has 6 nitrogen and oxygen atoms in total. The average Bonchev–Trinajstić information content (AvgIpc) is 2.48. The molecule has 1 aromatic heterocycles. The average molecular weight is 376 g/mol. The third-order valence-corrected chi connectivity index (χ3v) is 5.44. The van der Waals surface area contributed by atoms with Gasteiger partial charge in [-0.2, -0.15) is 0 Å². The van der Waals surface area contributed by atoms with E-state index in [1.807, 2.05) is 0 Å². The molecule has 2 rings (SSSR count). The van der Waals surface area contributed by atoms with Gasteiger partial charge in [0.25, 0.3) is 0 Å². The number of morpholine rings is 1. The van der Waals surface area contributed by atoms with Gasteiger partial charge < -0.3 is 4.74 Å². The molecule has 0 amide bonds. The van der Waals surface area contributed by atoms with Crippen molar-refractivity contribution in [3.8, 4) is 0 Å². The molecular formula is C16H26ClN3O3S. The first kappa shape index (κ1) is 19.6. The Hall–Kier alpha value is -0.730. The summed E-state index contributed by atoms with van der Waals surface area (Å²) in [6.07, 6.45) is 3.80. The Bertz CT molecular complexity index is 599. The minimum atomic E-state index is -3.34. The number of hydrogen-bond acceptors (Lipinski definition) is 5. The van der Waals surface area contributed by atoms with Crippen molar-refractivity contribution in [1.29, 1.82) is 0 Å². The molecule has 0 spiro atoms. The number of nitrogens with zero attached hydrogens (tertiary/aromatic N) is 2. The quantitative estimate of drug-likeness (QED) is 0.556. The second kappa shape index (κ2) is 9.10. The second-order valence-corrected chi connectivity index (χ2v) is 8.56. The van der Waals surface area contributed by atoms with Gasteiger partial charge in [-0.15, -0.1) is 0 Å². The van der Waals surface area contributed by atoms with E-state index in [2.05, 4.69) is 28.5 Å². The minimum absolute atomic E-state index is 0.0737. The molecule has 0 aliphatic carbocycles. The lowest BCUT2D eigenvalue weighted by Gasteiger charge is -2.35. The smallest absolute Gasteiger partial charge is 0.215 e. The van der Waals surface area contributed by atoms with Gasteiger partial charge in [0.2, 0.25) is 10.0 Å². The summed E-state index contributed by atoms with van der Waals surface area (Å²) in [6, 6.07) is 3.27. The normalized spacial score (nSPS) is 22.6. The molecule has 2 heterocycles. The Morgan fingerprint density at radius 3 is 2.62 bits per heavy atom. The number of halogens is 1. The number of unbranched alkanes of at least 4 members (excludes halogenated alkanes) is 1. The first-order chi connectivity index (χ1) is 11.3. The van der Waals surface area contributed by atoms with Crippen LogP contribution in [0.4, 0.5) is 0 Å². The van der Waals surface area contributed by atoms with Gasteiger partial charge >= 0.3 is 0 Å². The SMILES string of the molecule is C[C@@H]1CN(CCCCNS(=O)(=O)Cc2ccc(Cl)nc2)C[C@H](C)O1. The third-order valence-electron chi connectivity index (χ3n) is 3.86. The fraction of sp³-hybridized carbons (Fsp3) is 0.688. The van der Waals surface area contributed by atoms with E-state index in [4.69, 9.17) is 16.3 Å². The van der Waals surface area contributed by atoms with E-state index >= 15 is 0 Å². The van der Waals surface area contributed by atoms with Crippen LogP contribution in [0.15, 0.2) is 18.3 Å². The molecule has 0 bridgehead atoms. The van der Waals surface area contributed by atoms with Crippen molar-refractivity contribution in [2.75, 3.05) is 26.2 Å². The molecular weight excluding hydrogens is 350 g/mol. The highest BCUT2D eigenvalue weighted by Crippen LogP contribution is 2.11. The Morgan fingerprint density at radius 1 is 1.29 bits per heavy atom. The molecule has 8 heteroatoms. The van der Waals surface area contributed by atoms with Gasteiger partial charge in [0.1, 0.15) is 5.15 Å². The molecule has 1 saturated heterocycles. The van der Waals surface area contributed by atoms with Crippen molar-refractivity contribution in [3.63, 3.8) is 0 Å². The lowest BCUT2D eigenvalue weighted by Crippen LogP contribution is -2.45. The predicted octanol–water partition coefficient (Wildman–Crippen LogP) is 2.04. The number of rotatable bonds is 8. The Kier molecular flexibility index (Phi) is 7.43. The van der Waals surface area contributed by atoms with Crippen molar-refractivity contribution >= 4 is 21.6 Å². The summed E-state index contributed by atoms with van der Waals surface area (Å²) in [5, 5.41) is 0.357. The molecule has 1 aliphatic heterocycles. The molecule has 0 aromatic carbocycles. The minimum Gasteiger partial charge on any atom is -0.373 e. The topological polar surface area (TPSA) is 71.5 Å². The second-order valence-electron chi connectivity index (χ2n) is 6.37. The van der Waals surface area contributed by atoms with Crippen LogP contribution in [0.2, 0.25) is 5.15 Å². The van der Waals surface area contributed by atoms with E-state index in [9.17, 15) is 8.42 Å². The number of nitrogens with one attached hydrogen (secondary N) is 1. The molecule has 0 saturated carbocycles. The highest BCUT2D eigenvalue weighted by molar-refractivity contribution is 7.88. The zero-order chi connectivity index (χ0) is 17.6. The standard InChI is InChI=1S/C16H26ClN3O3S/c1-13-10-20(11-14(2)23-13)8-4-3-7-19-24(21,22)12-15-5-6-16(17)18-9-15/h5-6,9,13-14,19H,3-4,7-8,10-12H2,1-2H3/t13-,14+. The summed E-state index contributed by atoms with van der Waals surface area (Å²) in [5.41, 5.74) is 0.628. The molecule has 1 aliphatic rings. The third kappa shape index (κ3) is 7.03. The van der Waals surface area contributed by atoms with Crippen LogP contribution in [0.25, 0.3) is 0 Å². The fourth-order valence-electron chi connectivity index (χ4n) is 2.92. The van der Waals surface area contributed by atoms with Gasteiger partial charge in [0, 0.05) is 25.8 Å². The number of pyridine rings is 1. The van der Waals surface area contributed by atoms with Crippen LogP contribution in [-0.2, 0) is 20.5 Å². The highest BCUT2D eigenvalue weighted by atomic mass is 35.5. The van der Waals surface area contributed by atoms with E-state index < -0.39 is 10.0 Å². The molecule has 24 heavy (non-hydrogen) atoms. The summed E-state index contributed by atoms with van der Waals surface area (Å²) < 4.78 is 32.4. The summed E-state index contributed by atoms with van der Waals surface area (Å²) >= 11 is 5.70. The Labute approximate surface area is 149 Å². The van der Waals surface area contributed by atoms with Crippen molar-refractivity contribution in [1.82, 2.24) is 14.6 Å². The molecule has 1 N–H and O–H groups in total. The van der Waals surface area contributed by atoms with Crippen LogP contribution in [-0.4, -0.2) is 56.7 Å². The van der Waals surface area contributed by atoms with E-state index in [0.29, 0.717) is 17.3 Å². The zero-order valence-corrected chi connectivity index (χ0v) is 15.8. The summed E-state index contributed by atoms with van der Waals surface area (Å²) in [4.78, 5) is 6.28. The van der Waals surface area contributed by atoms with Crippen LogP contribution in [0, 0.1) is 0 Å². The molecule has 0 radical (unpaired) electrons. The molecule has 1 aromatic rings. The van der Waals surface area contributed by atoms with Crippen molar-refractivity contribution in [2.45, 2.75) is 44.6 Å². The maximum absolute atomic E-state index is 12.0. The van der Waals surface area contributed by atoms with Crippen molar-refractivity contribution in [3.05, 3.63) is 29.0 Å². The van der Waals surface area contributed by atoms with Crippen LogP contribution in [0.5, 0.6) is 0 Å². The van der Waals surface area contributed by atoms with Crippen molar-refractivity contribution in [2.24, 2.45) is 0 Å². The van der Waals surface area contributed by atoms with Crippen LogP contribution in [0.1, 0.15) is 32.3 Å². The first-order valence-corrected chi connectivity index (χ1v) is 10.3. The maximum atomic E-state index is 12.0. The number of aromatic nitrogens is 1. The van der Waals surface area contributed by atoms with Crippen LogP contribution >= 0.6 is 11.6 Å². The Balaban J connectivity index is 1.65. The number of hydrogen-bond donors (Lipinski definition) is 1. The van der Waals surface area contributed by atoms with E-state index in [0.717, 1.165) is 32.5 Å². The molecule has 136 valence electrons. The summed E-state index contributed by atoms with van der Waals surface area (Å²) in [5.74, 6) is -0.0737. The van der Waals surface area contributed by atoms with Gasteiger partial charge in [-0.25, -0.2) is 18.1 Å². The van der Waals surface area contributed by atoms with E-state index in [-0.39, 0.29) is 18.0 Å². The van der Waals surface area contributed by atoms with Crippen LogP contribution < -0.4 is 4.72 Å².